The van der Waals surface area contributed by atoms with Gasteiger partial charge in [-0.15, -0.1) is 11.3 Å². The number of rotatable bonds is 1. The predicted octanol–water partition coefficient (Wildman–Crippen LogP) is 4.06. The fourth-order valence-electron chi connectivity index (χ4n) is 0.826. The van der Waals surface area contributed by atoms with Crippen LogP contribution in [-0.2, 0) is 10.2 Å². The van der Waals surface area contributed by atoms with E-state index in [4.69, 9.17) is 0 Å². The summed E-state index contributed by atoms with van der Waals surface area (Å²) < 4.78 is 0. The van der Waals surface area contributed by atoms with E-state index in [1.807, 2.05) is 5.38 Å². The number of carbonyl (C=O) groups is 1. The normalized spacial score (nSPS) is 10.8. The third-order valence-electron chi connectivity index (χ3n) is 1.56. The molecule has 98 valence electrons. The van der Waals surface area contributed by atoms with Crippen molar-refractivity contribution in [2.24, 2.45) is 5.92 Å². The fraction of sp³-hybridized carbons (Fsp3) is 0.692. The van der Waals surface area contributed by atoms with E-state index in [0.29, 0.717) is 5.13 Å². The Morgan fingerprint density at radius 3 is 2.12 bits per heavy atom. The number of anilines is 1. The molecule has 0 saturated carbocycles. The summed E-state index contributed by atoms with van der Waals surface area (Å²) in [5, 5.41) is 5.32. The standard InChI is InChI=1S/C9H14N2OS.C4H10/c1-6(12)10-8-11-7(5-13-8)9(2,3)4;1-4(2)3/h5H,1-4H3,(H,10,11,12);4H,1-3H3. The van der Waals surface area contributed by atoms with Crippen LogP contribution in [0, 0.1) is 5.92 Å². The highest BCUT2D eigenvalue weighted by Gasteiger charge is 2.17. The molecule has 0 unspecified atom stereocenters. The van der Waals surface area contributed by atoms with Crippen molar-refractivity contribution in [3.8, 4) is 0 Å². The molecule has 1 N–H and O–H groups in total. The maximum Gasteiger partial charge on any atom is 0.223 e. The van der Waals surface area contributed by atoms with Gasteiger partial charge in [0.2, 0.25) is 5.91 Å². The van der Waals surface area contributed by atoms with Crippen molar-refractivity contribution in [3.05, 3.63) is 11.1 Å². The predicted molar refractivity (Wildman–Crippen MR) is 75.6 cm³/mol. The Hall–Kier alpha value is -0.900. The summed E-state index contributed by atoms with van der Waals surface area (Å²) >= 11 is 1.46. The van der Waals surface area contributed by atoms with E-state index in [2.05, 4.69) is 51.8 Å². The molecule has 1 rings (SSSR count). The summed E-state index contributed by atoms with van der Waals surface area (Å²) in [5.74, 6) is 0.759. The van der Waals surface area contributed by atoms with Gasteiger partial charge in [-0.3, -0.25) is 4.79 Å². The van der Waals surface area contributed by atoms with Gasteiger partial charge in [0, 0.05) is 17.7 Å². The first-order valence-electron chi connectivity index (χ1n) is 5.86. The van der Waals surface area contributed by atoms with E-state index in [1.165, 1.54) is 18.3 Å². The summed E-state index contributed by atoms with van der Waals surface area (Å²) in [6.45, 7) is 14.3. The van der Waals surface area contributed by atoms with Gasteiger partial charge in [-0.05, 0) is 5.92 Å². The zero-order valence-corrected chi connectivity index (χ0v) is 12.7. The lowest BCUT2D eigenvalue weighted by Crippen LogP contribution is -2.12. The van der Waals surface area contributed by atoms with Crippen molar-refractivity contribution >= 4 is 22.4 Å². The number of aromatic nitrogens is 1. The first-order valence-corrected chi connectivity index (χ1v) is 6.74. The van der Waals surface area contributed by atoms with E-state index < -0.39 is 0 Å². The third-order valence-corrected chi connectivity index (χ3v) is 2.31. The van der Waals surface area contributed by atoms with Gasteiger partial charge in [-0.2, -0.15) is 0 Å². The van der Waals surface area contributed by atoms with E-state index in [1.54, 1.807) is 0 Å². The molecule has 0 aliphatic rings. The van der Waals surface area contributed by atoms with Gasteiger partial charge < -0.3 is 5.32 Å². The lowest BCUT2D eigenvalue weighted by atomic mass is 9.93. The molecular formula is C13H24N2OS. The van der Waals surface area contributed by atoms with Crippen LogP contribution in [0.2, 0.25) is 0 Å². The molecule has 0 aliphatic heterocycles. The summed E-state index contributed by atoms with van der Waals surface area (Å²) in [6, 6.07) is 0. The molecule has 3 nitrogen and oxygen atoms in total. The first kappa shape index (κ1) is 16.1. The second-order valence-corrected chi connectivity index (χ2v) is 6.56. The van der Waals surface area contributed by atoms with E-state index in [-0.39, 0.29) is 11.3 Å². The summed E-state index contributed by atoms with van der Waals surface area (Å²) in [4.78, 5) is 15.0. The Balaban J connectivity index is 0.000000557. The minimum absolute atomic E-state index is 0.0488. The number of amides is 1. The summed E-state index contributed by atoms with van der Waals surface area (Å²) in [7, 11) is 0. The van der Waals surface area contributed by atoms with Crippen LogP contribution >= 0.6 is 11.3 Å². The topological polar surface area (TPSA) is 42.0 Å². The van der Waals surface area contributed by atoms with Crippen molar-refractivity contribution in [1.29, 1.82) is 0 Å². The Labute approximate surface area is 109 Å². The SMILES string of the molecule is CC(=O)Nc1nc(C(C)(C)C)cs1.CC(C)C. The monoisotopic (exact) mass is 256 g/mol. The molecule has 0 spiro atoms. The van der Waals surface area contributed by atoms with Crippen LogP contribution in [0.25, 0.3) is 0 Å². The number of hydrogen-bond donors (Lipinski definition) is 1. The maximum atomic E-state index is 10.7. The Morgan fingerprint density at radius 1 is 1.35 bits per heavy atom. The minimum atomic E-state index is -0.0743. The van der Waals surface area contributed by atoms with Crippen LogP contribution in [0.1, 0.15) is 54.2 Å². The highest BCUT2D eigenvalue weighted by Crippen LogP contribution is 2.26. The van der Waals surface area contributed by atoms with Crippen molar-refractivity contribution in [3.63, 3.8) is 0 Å². The Bertz CT molecular complexity index is 348. The highest BCUT2D eigenvalue weighted by molar-refractivity contribution is 7.13. The molecule has 1 amide bonds. The first-order chi connectivity index (χ1) is 7.62. The molecule has 0 aliphatic carbocycles. The molecule has 1 heterocycles. The van der Waals surface area contributed by atoms with Crippen molar-refractivity contribution in [2.45, 2.75) is 53.9 Å². The van der Waals surface area contributed by atoms with Gasteiger partial charge in [0.05, 0.1) is 5.69 Å². The number of thiazole rings is 1. The molecule has 17 heavy (non-hydrogen) atoms. The van der Waals surface area contributed by atoms with E-state index >= 15 is 0 Å². The fourth-order valence-corrected chi connectivity index (χ4v) is 1.81. The molecule has 0 bridgehead atoms. The zero-order chi connectivity index (χ0) is 13.6. The quantitative estimate of drug-likeness (QED) is 0.823. The molecule has 0 aromatic carbocycles. The smallest absolute Gasteiger partial charge is 0.223 e. The molecular weight excluding hydrogens is 232 g/mol. The van der Waals surface area contributed by atoms with Gasteiger partial charge in [-0.25, -0.2) is 4.98 Å². The lowest BCUT2D eigenvalue weighted by molar-refractivity contribution is -0.114. The summed E-state index contributed by atoms with van der Waals surface area (Å²) in [5.41, 5.74) is 1.06. The zero-order valence-electron chi connectivity index (χ0n) is 11.9. The van der Waals surface area contributed by atoms with Crippen molar-refractivity contribution < 1.29 is 4.79 Å². The number of hydrogen-bond acceptors (Lipinski definition) is 3. The molecule has 4 heteroatoms. The second-order valence-electron chi connectivity index (χ2n) is 5.70. The van der Waals surface area contributed by atoms with Gasteiger partial charge in [0.25, 0.3) is 0 Å². The minimum Gasteiger partial charge on any atom is -0.302 e. The van der Waals surface area contributed by atoms with Crippen LogP contribution < -0.4 is 5.32 Å². The molecule has 0 radical (unpaired) electrons. The van der Waals surface area contributed by atoms with Crippen LogP contribution in [0.4, 0.5) is 5.13 Å². The van der Waals surface area contributed by atoms with E-state index in [9.17, 15) is 4.79 Å². The average molecular weight is 256 g/mol. The van der Waals surface area contributed by atoms with Gasteiger partial charge >= 0.3 is 0 Å². The van der Waals surface area contributed by atoms with Crippen LogP contribution in [-0.4, -0.2) is 10.9 Å². The molecule has 0 atom stereocenters. The van der Waals surface area contributed by atoms with Crippen molar-refractivity contribution in [1.82, 2.24) is 4.98 Å². The van der Waals surface area contributed by atoms with Gasteiger partial charge in [0.15, 0.2) is 5.13 Å². The largest absolute Gasteiger partial charge is 0.302 e. The highest BCUT2D eigenvalue weighted by atomic mass is 32.1. The average Bonchev–Trinajstić information content (AvgIpc) is 2.48. The third kappa shape index (κ3) is 7.91. The van der Waals surface area contributed by atoms with Gasteiger partial charge in [0.1, 0.15) is 0 Å². The second kappa shape index (κ2) is 6.74. The van der Waals surface area contributed by atoms with Crippen LogP contribution in [0.15, 0.2) is 5.38 Å². The number of nitrogens with zero attached hydrogens (tertiary/aromatic N) is 1. The lowest BCUT2D eigenvalue weighted by Gasteiger charge is -2.13. The van der Waals surface area contributed by atoms with Crippen LogP contribution in [0.3, 0.4) is 0 Å². The van der Waals surface area contributed by atoms with Crippen LogP contribution in [0.5, 0.6) is 0 Å². The Kier molecular flexibility index (Phi) is 6.39. The summed E-state index contributed by atoms with van der Waals surface area (Å²) in [6.07, 6.45) is 0. The van der Waals surface area contributed by atoms with E-state index in [0.717, 1.165) is 11.6 Å². The molecule has 0 saturated heterocycles. The molecule has 1 aromatic heterocycles. The molecule has 0 fully saturated rings. The number of nitrogens with one attached hydrogen (secondary N) is 1. The number of carbonyl (C=O) groups excluding carboxylic acids is 1. The molecule has 1 aromatic rings. The maximum absolute atomic E-state index is 10.7. The van der Waals surface area contributed by atoms with Crippen molar-refractivity contribution in [2.75, 3.05) is 5.32 Å². The Morgan fingerprint density at radius 2 is 1.82 bits per heavy atom. The van der Waals surface area contributed by atoms with Gasteiger partial charge in [-0.1, -0.05) is 41.5 Å².